The zero-order chi connectivity index (χ0) is 22.1. The zero-order valence-electron chi connectivity index (χ0n) is 16.3. The van der Waals surface area contributed by atoms with Crippen LogP contribution in [0, 0.1) is 0 Å². The van der Waals surface area contributed by atoms with Gasteiger partial charge in [0.15, 0.2) is 6.61 Å². The summed E-state index contributed by atoms with van der Waals surface area (Å²) >= 11 is 0. The van der Waals surface area contributed by atoms with Crippen LogP contribution in [0.4, 0.5) is 14.5 Å². The third kappa shape index (κ3) is 7.34. The molecule has 0 unspecified atom stereocenters. The van der Waals surface area contributed by atoms with Crippen LogP contribution >= 0.6 is 0 Å². The molecule has 2 aromatic rings. The standard InChI is InChI=1S/C21H20F2N2O5/c1-25(2)20(28)15-6-8-16(9-7-15)24-18(26)13-29-19(27)12-5-14-3-10-17(11-4-14)30-21(22)23/h3-12,21H,13H2,1-2H3,(H,24,26). The number of nitrogens with zero attached hydrogens (tertiary/aromatic N) is 1. The van der Waals surface area contributed by atoms with Crippen molar-refractivity contribution in [2.24, 2.45) is 0 Å². The van der Waals surface area contributed by atoms with Crippen molar-refractivity contribution in [3.63, 3.8) is 0 Å². The number of alkyl halides is 2. The molecule has 0 radical (unpaired) electrons. The van der Waals surface area contributed by atoms with Gasteiger partial charge >= 0.3 is 12.6 Å². The summed E-state index contributed by atoms with van der Waals surface area (Å²) in [5.41, 5.74) is 1.49. The molecule has 7 nitrogen and oxygen atoms in total. The number of halogens is 2. The fraction of sp³-hybridized carbons (Fsp3) is 0.190. The molecule has 0 aliphatic heterocycles. The Balaban J connectivity index is 1.79. The Hall–Kier alpha value is -3.75. The molecule has 0 fully saturated rings. The van der Waals surface area contributed by atoms with Crippen LogP contribution in [0.1, 0.15) is 15.9 Å². The molecular weight excluding hydrogens is 398 g/mol. The highest BCUT2D eigenvalue weighted by atomic mass is 19.3. The van der Waals surface area contributed by atoms with Crippen molar-refractivity contribution in [1.82, 2.24) is 4.90 Å². The van der Waals surface area contributed by atoms with E-state index in [0.717, 1.165) is 6.08 Å². The van der Waals surface area contributed by atoms with Crippen molar-refractivity contribution in [3.8, 4) is 5.75 Å². The van der Waals surface area contributed by atoms with Crippen molar-refractivity contribution in [1.29, 1.82) is 0 Å². The van der Waals surface area contributed by atoms with Gasteiger partial charge in [-0.05, 0) is 48.0 Å². The zero-order valence-corrected chi connectivity index (χ0v) is 16.3. The van der Waals surface area contributed by atoms with E-state index in [9.17, 15) is 23.2 Å². The van der Waals surface area contributed by atoms with Gasteiger partial charge in [-0.1, -0.05) is 12.1 Å². The van der Waals surface area contributed by atoms with Gasteiger partial charge in [0.05, 0.1) is 0 Å². The van der Waals surface area contributed by atoms with Gasteiger partial charge in [-0.25, -0.2) is 4.79 Å². The number of amides is 2. The maximum absolute atomic E-state index is 12.1. The molecule has 2 amide bonds. The molecule has 30 heavy (non-hydrogen) atoms. The second-order valence-corrected chi connectivity index (χ2v) is 6.21. The summed E-state index contributed by atoms with van der Waals surface area (Å²) in [7, 11) is 3.27. The molecule has 9 heteroatoms. The number of carbonyl (C=O) groups is 3. The first-order chi connectivity index (χ1) is 14.2. The Bertz CT molecular complexity index is 910. The fourth-order valence-corrected chi connectivity index (χ4v) is 2.26. The highest BCUT2D eigenvalue weighted by Crippen LogP contribution is 2.15. The fourth-order valence-electron chi connectivity index (χ4n) is 2.26. The number of carbonyl (C=O) groups excluding carboxylic acids is 3. The minimum absolute atomic E-state index is 0.000473. The first-order valence-electron chi connectivity index (χ1n) is 8.76. The van der Waals surface area contributed by atoms with Crippen LogP contribution in [0.2, 0.25) is 0 Å². The third-order valence-electron chi connectivity index (χ3n) is 3.68. The number of ether oxygens (including phenoxy) is 2. The molecule has 0 aromatic heterocycles. The molecule has 0 atom stereocenters. The normalized spacial score (nSPS) is 10.7. The summed E-state index contributed by atoms with van der Waals surface area (Å²) in [4.78, 5) is 36.8. The van der Waals surface area contributed by atoms with E-state index >= 15 is 0 Å². The van der Waals surface area contributed by atoms with Gasteiger partial charge in [-0.15, -0.1) is 0 Å². The smallest absolute Gasteiger partial charge is 0.387 e. The first kappa shape index (κ1) is 22.5. The third-order valence-corrected chi connectivity index (χ3v) is 3.68. The summed E-state index contributed by atoms with van der Waals surface area (Å²) in [6.45, 7) is -3.41. The van der Waals surface area contributed by atoms with Crippen LogP contribution < -0.4 is 10.1 Å². The monoisotopic (exact) mass is 418 g/mol. The van der Waals surface area contributed by atoms with Crippen molar-refractivity contribution in [3.05, 3.63) is 65.7 Å². The number of hydrogen-bond donors (Lipinski definition) is 1. The lowest BCUT2D eigenvalue weighted by atomic mass is 10.2. The first-order valence-corrected chi connectivity index (χ1v) is 8.76. The Labute approximate surface area is 171 Å². The van der Waals surface area contributed by atoms with E-state index in [1.165, 1.54) is 35.2 Å². The molecule has 0 saturated heterocycles. The second kappa shape index (κ2) is 10.7. The maximum atomic E-state index is 12.1. The van der Waals surface area contributed by atoms with Crippen LogP contribution in [0.5, 0.6) is 5.75 Å². The Morgan fingerprint density at radius 1 is 1.03 bits per heavy atom. The lowest BCUT2D eigenvalue weighted by molar-refractivity contribution is -0.142. The summed E-state index contributed by atoms with van der Waals surface area (Å²) in [5, 5.41) is 2.55. The quantitative estimate of drug-likeness (QED) is 0.526. The SMILES string of the molecule is CN(C)C(=O)c1ccc(NC(=O)COC(=O)C=Cc2ccc(OC(F)F)cc2)cc1. The van der Waals surface area contributed by atoms with E-state index in [1.807, 2.05) is 0 Å². The van der Waals surface area contributed by atoms with Gasteiger partial charge in [0.25, 0.3) is 11.8 Å². The minimum atomic E-state index is -2.91. The van der Waals surface area contributed by atoms with E-state index in [-0.39, 0.29) is 11.7 Å². The minimum Gasteiger partial charge on any atom is -0.452 e. The molecule has 0 bridgehead atoms. The van der Waals surface area contributed by atoms with Crippen LogP contribution in [0.3, 0.4) is 0 Å². The average Bonchev–Trinajstić information content (AvgIpc) is 2.71. The molecular formula is C21H20F2N2O5. The number of hydrogen-bond acceptors (Lipinski definition) is 5. The van der Waals surface area contributed by atoms with E-state index in [4.69, 9.17) is 4.74 Å². The molecule has 0 saturated carbocycles. The van der Waals surface area contributed by atoms with Crippen LogP contribution in [-0.4, -0.2) is 50.0 Å². The van der Waals surface area contributed by atoms with E-state index in [2.05, 4.69) is 10.1 Å². The van der Waals surface area contributed by atoms with E-state index in [1.54, 1.807) is 38.4 Å². The van der Waals surface area contributed by atoms with Crippen LogP contribution in [0.25, 0.3) is 6.08 Å². The number of rotatable bonds is 8. The van der Waals surface area contributed by atoms with E-state index in [0.29, 0.717) is 16.8 Å². The Morgan fingerprint density at radius 2 is 1.67 bits per heavy atom. The van der Waals surface area contributed by atoms with Gasteiger partial charge in [0.1, 0.15) is 5.75 Å². The highest BCUT2D eigenvalue weighted by molar-refractivity contribution is 5.96. The number of benzene rings is 2. The summed E-state index contributed by atoms with van der Waals surface area (Å²) in [5.74, 6) is -1.45. The summed E-state index contributed by atoms with van der Waals surface area (Å²) < 4.78 is 33.3. The topological polar surface area (TPSA) is 84.9 Å². The lowest BCUT2D eigenvalue weighted by Crippen LogP contribution is -2.22. The van der Waals surface area contributed by atoms with Crippen molar-refractivity contribution in [2.75, 3.05) is 26.0 Å². The average molecular weight is 418 g/mol. The van der Waals surface area contributed by atoms with Gasteiger partial charge in [-0.3, -0.25) is 9.59 Å². The van der Waals surface area contributed by atoms with Gasteiger partial charge in [0.2, 0.25) is 0 Å². The lowest BCUT2D eigenvalue weighted by Gasteiger charge is -2.11. The molecule has 158 valence electrons. The predicted octanol–water partition coefficient (Wildman–Crippen LogP) is 3.18. The van der Waals surface area contributed by atoms with Crippen molar-refractivity contribution in [2.45, 2.75) is 6.61 Å². The molecule has 1 N–H and O–H groups in total. The second-order valence-electron chi connectivity index (χ2n) is 6.21. The van der Waals surface area contributed by atoms with E-state index < -0.39 is 25.1 Å². The van der Waals surface area contributed by atoms with Crippen molar-refractivity contribution >= 4 is 29.5 Å². The molecule has 2 rings (SSSR count). The summed E-state index contributed by atoms with van der Waals surface area (Å²) in [6, 6.07) is 11.9. The number of anilines is 1. The number of esters is 1. The van der Waals surface area contributed by atoms with Crippen molar-refractivity contribution < 1.29 is 32.6 Å². The highest BCUT2D eigenvalue weighted by Gasteiger charge is 2.09. The predicted molar refractivity (Wildman–Crippen MR) is 106 cm³/mol. The Morgan fingerprint density at radius 3 is 2.23 bits per heavy atom. The Kier molecular flexibility index (Phi) is 8.04. The molecule has 0 aliphatic rings. The molecule has 0 spiro atoms. The maximum Gasteiger partial charge on any atom is 0.387 e. The number of nitrogens with one attached hydrogen (secondary N) is 1. The van der Waals surface area contributed by atoms with Crippen LogP contribution in [0.15, 0.2) is 54.6 Å². The molecule has 0 heterocycles. The molecule has 0 aliphatic carbocycles. The van der Waals surface area contributed by atoms with Gasteiger partial charge in [0, 0.05) is 31.4 Å². The summed E-state index contributed by atoms with van der Waals surface area (Å²) in [6.07, 6.45) is 2.52. The van der Waals surface area contributed by atoms with Crippen LogP contribution in [-0.2, 0) is 14.3 Å². The van der Waals surface area contributed by atoms with Gasteiger partial charge < -0.3 is 19.7 Å². The largest absolute Gasteiger partial charge is 0.452 e. The van der Waals surface area contributed by atoms with Gasteiger partial charge in [-0.2, -0.15) is 8.78 Å². The molecule has 2 aromatic carbocycles.